The highest BCUT2D eigenvalue weighted by atomic mass is 16.5. The predicted molar refractivity (Wildman–Crippen MR) is 82.7 cm³/mol. The van der Waals surface area contributed by atoms with E-state index in [-0.39, 0.29) is 11.9 Å². The van der Waals surface area contributed by atoms with Gasteiger partial charge in [-0.25, -0.2) is 0 Å². The number of nitrogens with two attached hydrogens (primary N) is 1. The van der Waals surface area contributed by atoms with E-state index in [9.17, 15) is 4.79 Å². The fraction of sp³-hybridized carbons (Fsp3) is 0.533. The summed E-state index contributed by atoms with van der Waals surface area (Å²) in [5, 5.41) is 2.92. The van der Waals surface area contributed by atoms with Crippen molar-refractivity contribution in [2.75, 3.05) is 44.0 Å². The topological polar surface area (TPSA) is 76.8 Å². The number of ether oxygens (including phenoxy) is 2. The number of anilines is 2. The first-order valence-corrected chi connectivity index (χ1v) is 7.23. The molecule has 1 fully saturated rings. The molecule has 1 saturated heterocycles. The van der Waals surface area contributed by atoms with Gasteiger partial charge in [0, 0.05) is 13.1 Å². The normalized spacial score (nSPS) is 18.4. The minimum atomic E-state index is -0.361. The maximum absolute atomic E-state index is 12.3. The highest BCUT2D eigenvalue weighted by Crippen LogP contribution is 2.33. The molecule has 21 heavy (non-hydrogen) atoms. The number of hydrogen-bond donors (Lipinski definition) is 2. The Hall–Kier alpha value is -1.95. The zero-order valence-corrected chi connectivity index (χ0v) is 12.6. The number of hydrogen-bond acceptors (Lipinski definition) is 5. The molecule has 1 amide bonds. The number of benzene rings is 1. The smallest absolute Gasteiger partial charge is 0.245 e. The Morgan fingerprint density at radius 2 is 2.38 bits per heavy atom. The molecule has 0 spiro atoms. The van der Waals surface area contributed by atoms with E-state index in [2.05, 4.69) is 5.32 Å². The van der Waals surface area contributed by atoms with Crippen molar-refractivity contribution < 1.29 is 14.3 Å². The number of morpholine rings is 1. The number of methoxy groups -OCH3 is 1. The Balaban J connectivity index is 2.24. The van der Waals surface area contributed by atoms with E-state index >= 15 is 0 Å². The standard InChI is InChI=1S/C15H23N3O3/c1-3-7-17-15(19)12-10-21-9-8-18(12)11-5-4-6-13(20-2)14(11)16/h4-6,12H,3,7-10,16H2,1-2H3,(H,17,19). The molecule has 0 aromatic heterocycles. The van der Waals surface area contributed by atoms with Crippen LogP contribution in [0.4, 0.5) is 11.4 Å². The Bertz CT molecular complexity index is 493. The van der Waals surface area contributed by atoms with E-state index in [4.69, 9.17) is 15.2 Å². The number of amides is 1. The highest BCUT2D eigenvalue weighted by molar-refractivity contribution is 5.88. The second-order valence-electron chi connectivity index (χ2n) is 4.97. The minimum absolute atomic E-state index is 0.0289. The first-order chi connectivity index (χ1) is 10.2. The summed E-state index contributed by atoms with van der Waals surface area (Å²) in [5.41, 5.74) is 7.51. The van der Waals surface area contributed by atoms with Crippen molar-refractivity contribution >= 4 is 17.3 Å². The molecule has 6 nitrogen and oxygen atoms in total. The largest absolute Gasteiger partial charge is 0.495 e. The van der Waals surface area contributed by atoms with Gasteiger partial charge in [-0.1, -0.05) is 13.0 Å². The quantitative estimate of drug-likeness (QED) is 0.792. The van der Waals surface area contributed by atoms with E-state index in [0.29, 0.717) is 37.7 Å². The van der Waals surface area contributed by atoms with Crippen LogP contribution in [0.3, 0.4) is 0 Å². The molecule has 2 rings (SSSR count). The van der Waals surface area contributed by atoms with Crippen LogP contribution in [0.1, 0.15) is 13.3 Å². The summed E-state index contributed by atoms with van der Waals surface area (Å²) < 4.78 is 10.7. The van der Waals surface area contributed by atoms with Crippen molar-refractivity contribution in [1.82, 2.24) is 5.32 Å². The van der Waals surface area contributed by atoms with Crippen LogP contribution in [-0.2, 0) is 9.53 Å². The predicted octanol–water partition coefficient (Wildman–Crippen LogP) is 1.01. The summed E-state index contributed by atoms with van der Waals surface area (Å²) in [6.07, 6.45) is 0.903. The summed E-state index contributed by atoms with van der Waals surface area (Å²) in [6, 6.07) is 5.23. The molecule has 0 bridgehead atoms. The van der Waals surface area contributed by atoms with Gasteiger partial charge < -0.3 is 25.4 Å². The van der Waals surface area contributed by atoms with Crippen LogP contribution in [0.25, 0.3) is 0 Å². The Morgan fingerprint density at radius 1 is 1.57 bits per heavy atom. The van der Waals surface area contributed by atoms with Gasteiger partial charge in [0.1, 0.15) is 11.8 Å². The van der Waals surface area contributed by atoms with Crippen LogP contribution in [0.15, 0.2) is 18.2 Å². The van der Waals surface area contributed by atoms with E-state index in [0.717, 1.165) is 12.1 Å². The van der Waals surface area contributed by atoms with Gasteiger partial charge in [0.2, 0.25) is 5.91 Å². The molecule has 1 aliphatic rings. The van der Waals surface area contributed by atoms with Crippen LogP contribution in [0, 0.1) is 0 Å². The van der Waals surface area contributed by atoms with Crippen molar-refractivity contribution in [3.05, 3.63) is 18.2 Å². The van der Waals surface area contributed by atoms with Gasteiger partial charge in [-0.15, -0.1) is 0 Å². The molecule has 1 atom stereocenters. The third kappa shape index (κ3) is 3.39. The number of para-hydroxylation sites is 1. The van der Waals surface area contributed by atoms with E-state index in [1.54, 1.807) is 7.11 Å². The van der Waals surface area contributed by atoms with Gasteiger partial charge in [-0.3, -0.25) is 4.79 Å². The molecular weight excluding hydrogens is 270 g/mol. The molecule has 0 aliphatic carbocycles. The highest BCUT2D eigenvalue weighted by Gasteiger charge is 2.30. The summed E-state index contributed by atoms with van der Waals surface area (Å²) in [4.78, 5) is 14.3. The van der Waals surface area contributed by atoms with Crippen LogP contribution < -0.4 is 20.7 Å². The zero-order chi connectivity index (χ0) is 15.2. The molecule has 1 heterocycles. The fourth-order valence-electron chi connectivity index (χ4n) is 2.44. The van der Waals surface area contributed by atoms with Gasteiger partial charge in [0.15, 0.2) is 0 Å². The minimum Gasteiger partial charge on any atom is -0.495 e. The molecule has 6 heteroatoms. The van der Waals surface area contributed by atoms with Crippen LogP contribution in [0.5, 0.6) is 5.75 Å². The molecule has 116 valence electrons. The maximum Gasteiger partial charge on any atom is 0.245 e. The van der Waals surface area contributed by atoms with Gasteiger partial charge in [-0.05, 0) is 18.6 Å². The molecule has 1 aromatic rings. The molecule has 0 radical (unpaired) electrons. The van der Waals surface area contributed by atoms with Crippen LogP contribution in [-0.4, -0.2) is 45.4 Å². The van der Waals surface area contributed by atoms with Crippen molar-refractivity contribution in [3.8, 4) is 5.75 Å². The second-order valence-corrected chi connectivity index (χ2v) is 4.97. The Kier molecular flexibility index (Phi) is 5.27. The molecule has 1 aliphatic heterocycles. The molecule has 0 saturated carbocycles. The first kappa shape index (κ1) is 15.4. The average molecular weight is 293 g/mol. The van der Waals surface area contributed by atoms with Gasteiger partial charge in [-0.2, -0.15) is 0 Å². The number of carbonyl (C=O) groups excluding carboxylic acids is 1. The van der Waals surface area contributed by atoms with Crippen molar-refractivity contribution in [2.24, 2.45) is 0 Å². The third-order valence-electron chi connectivity index (χ3n) is 3.55. The lowest BCUT2D eigenvalue weighted by Crippen LogP contribution is -2.54. The number of carbonyl (C=O) groups is 1. The Labute approximate surface area is 125 Å². The first-order valence-electron chi connectivity index (χ1n) is 7.23. The fourth-order valence-corrected chi connectivity index (χ4v) is 2.44. The van der Waals surface area contributed by atoms with Crippen molar-refractivity contribution in [2.45, 2.75) is 19.4 Å². The van der Waals surface area contributed by atoms with Crippen LogP contribution >= 0.6 is 0 Å². The summed E-state index contributed by atoms with van der Waals surface area (Å²) in [7, 11) is 1.58. The molecule has 1 aromatic carbocycles. The monoisotopic (exact) mass is 293 g/mol. The lowest BCUT2D eigenvalue weighted by Gasteiger charge is -2.37. The number of rotatable bonds is 5. The van der Waals surface area contributed by atoms with Crippen molar-refractivity contribution in [3.63, 3.8) is 0 Å². The van der Waals surface area contributed by atoms with Gasteiger partial charge in [0.05, 0.1) is 31.7 Å². The third-order valence-corrected chi connectivity index (χ3v) is 3.55. The number of nitrogens with one attached hydrogen (secondary N) is 1. The SMILES string of the molecule is CCCNC(=O)C1COCCN1c1cccc(OC)c1N. The second kappa shape index (κ2) is 7.17. The molecule has 3 N–H and O–H groups in total. The molecular formula is C15H23N3O3. The van der Waals surface area contributed by atoms with E-state index in [1.165, 1.54) is 0 Å². The summed E-state index contributed by atoms with van der Waals surface area (Å²) in [5.74, 6) is 0.588. The van der Waals surface area contributed by atoms with Gasteiger partial charge in [0.25, 0.3) is 0 Å². The zero-order valence-electron chi connectivity index (χ0n) is 12.6. The average Bonchev–Trinajstić information content (AvgIpc) is 2.53. The summed E-state index contributed by atoms with van der Waals surface area (Å²) in [6.45, 7) is 4.26. The van der Waals surface area contributed by atoms with E-state index in [1.807, 2.05) is 30.0 Å². The number of nitrogens with zero attached hydrogens (tertiary/aromatic N) is 1. The lowest BCUT2D eigenvalue weighted by molar-refractivity contribution is -0.124. The van der Waals surface area contributed by atoms with Crippen LogP contribution in [0.2, 0.25) is 0 Å². The van der Waals surface area contributed by atoms with Gasteiger partial charge >= 0.3 is 0 Å². The summed E-state index contributed by atoms with van der Waals surface area (Å²) >= 11 is 0. The van der Waals surface area contributed by atoms with Crippen molar-refractivity contribution in [1.29, 1.82) is 0 Å². The molecule has 1 unspecified atom stereocenters. The van der Waals surface area contributed by atoms with E-state index < -0.39 is 0 Å². The number of nitrogen functional groups attached to an aromatic ring is 1. The maximum atomic E-state index is 12.3. The lowest BCUT2D eigenvalue weighted by atomic mass is 10.1. The Morgan fingerprint density at radius 3 is 3.10 bits per heavy atom.